The lowest BCUT2D eigenvalue weighted by Crippen LogP contribution is -3.27. The van der Waals surface area contributed by atoms with Crippen LogP contribution in [0.4, 0.5) is 0 Å². The fraction of sp³-hybridized carbons (Fsp3) is 0.375. The summed E-state index contributed by atoms with van der Waals surface area (Å²) in [5, 5.41) is 4.40. The maximum Gasteiger partial charge on any atom is 0.275 e. The second-order valence-electron chi connectivity index (χ2n) is 8.30. The summed E-state index contributed by atoms with van der Waals surface area (Å²) < 4.78 is 5.32. The van der Waals surface area contributed by atoms with Crippen molar-refractivity contribution in [1.82, 2.24) is 10.3 Å². The number of para-hydroxylation sites is 1. The summed E-state index contributed by atoms with van der Waals surface area (Å²) in [4.78, 5) is 19.0. The number of carbonyl (C=O) groups excluding carboxylic acids is 1. The van der Waals surface area contributed by atoms with Crippen LogP contribution in [-0.2, 0) is 4.79 Å². The van der Waals surface area contributed by atoms with Crippen LogP contribution in [0.15, 0.2) is 54.7 Å². The van der Waals surface area contributed by atoms with Crippen LogP contribution >= 0.6 is 0 Å². The van der Waals surface area contributed by atoms with E-state index >= 15 is 0 Å². The average molecular weight is 409 g/mol. The van der Waals surface area contributed by atoms with E-state index in [0.717, 1.165) is 43.0 Å². The van der Waals surface area contributed by atoms with Gasteiger partial charge >= 0.3 is 0 Å². The standard InChI is InChI=1S/C24H30N4O2/c1-27-11-13-28(14-12-27)17-24(29)26-15-21(18-7-9-19(30-2)10-8-18)22-16-25-23-6-4-3-5-20(22)23/h3-10,16,21,25H,11-15,17H2,1-2H3,(H,26,29)/p+2/t21-/m1/s1. The number of H-pyrrole nitrogens is 1. The van der Waals surface area contributed by atoms with Crippen LogP contribution in [0, 0.1) is 0 Å². The summed E-state index contributed by atoms with van der Waals surface area (Å²) in [5.41, 5.74) is 3.48. The number of likely N-dealkylation sites (N-methyl/N-ethyl adjacent to an activating group) is 1. The van der Waals surface area contributed by atoms with E-state index in [1.165, 1.54) is 15.8 Å². The molecule has 30 heavy (non-hydrogen) atoms. The monoisotopic (exact) mass is 408 g/mol. The topological polar surface area (TPSA) is 63.0 Å². The fourth-order valence-electron chi connectivity index (χ4n) is 4.34. The average Bonchev–Trinajstić information content (AvgIpc) is 3.20. The van der Waals surface area contributed by atoms with Gasteiger partial charge in [0, 0.05) is 29.6 Å². The number of fused-ring (bicyclic) bond motifs is 1. The summed E-state index contributed by atoms with van der Waals surface area (Å²) in [6.45, 7) is 5.51. The van der Waals surface area contributed by atoms with E-state index < -0.39 is 0 Å². The molecule has 0 unspecified atom stereocenters. The number of benzene rings is 2. The van der Waals surface area contributed by atoms with Crippen molar-refractivity contribution in [2.75, 3.05) is 53.4 Å². The highest BCUT2D eigenvalue weighted by Gasteiger charge is 2.24. The molecule has 0 aliphatic carbocycles. The first-order valence-corrected chi connectivity index (χ1v) is 10.8. The summed E-state index contributed by atoms with van der Waals surface area (Å²) in [6.07, 6.45) is 2.07. The molecule has 0 bridgehead atoms. The van der Waals surface area contributed by atoms with Crippen molar-refractivity contribution in [3.8, 4) is 5.75 Å². The Morgan fingerprint density at radius 1 is 1.10 bits per heavy atom. The minimum atomic E-state index is 0.0722. The number of hydrogen-bond donors (Lipinski definition) is 4. The van der Waals surface area contributed by atoms with Gasteiger partial charge in [-0.15, -0.1) is 0 Å². The van der Waals surface area contributed by atoms with E-state index in [2.05, 4.69) is 53.9 Å². The number of ether oxygens (including phenoxy) is 1. The van der Waals surface area contributed by atoms with Gasteiger partial charge in [0.1, 0.15) is 31.9 Å². The van der Waals surface area contributed by atoms with Crippen LogP contribution in [0.5, 0.6) is 5.75 Å². The number of quaternary nitrogens is 2. The molecule has 4 rings (SSSR count). The molecule has 1 aromatic heterocycles. The summed E-state index contributed by atoms with van der Waals surface area (Å²) in [7, 11) is 3.89. The van der Waals surface area contributed by atoms with Crippen LogP contribution < -0.4 is 19.9 Å². The van der Waals surface area contributed by atoms with Gasteiger partial charge < -0.3 is 24.8 Å². The number of nitrogens with one attached hydrogen (secondary N) is 4. The lowest BCUT2D eigenvalue weighted by molar-refractivity contribution is -1.000. The first-order valence-electron chi connectivity index (χ1n) is 10.8. The molecule has 3 aromatic rings. The summed E-state index contributed by atoms with van der Waals surface area (Å²) >= 11 is 0. The van der Waals surface area contributed by atoms with E-state index in [4.69, 9.17) is 4.74 Å². The van der Waals surface area contributed by atoms with Crippen molar-refractivity contribution in [1.29, 1.82) is 0 Å². The molecule has 4 N–H and O–H groups in total. The van der Waals surface area contributed by atoms with E-state index in [0.29, 0.717) is 13.1 Å². The minimum Gasteiger partial charge on any atom is -0.497 e. The Kier molecular flexibility index (Phi) is 6.35. The summed E-state index contributed by atoms with van der Waals surface area (Å²) in [6, 6.07) is 16.5. The number of methoxy groups -OCH3 is 1. The van der Waals surface area contributed by atoms with Crippen LogP contribution in [0.2, 0.25) is 0 Å². The van der Waals surface area contributed by atoms with Gasteiger partial charge in [0.2, 0.25) is 0 Å². The van der Waals surface area contributed by atoms with Crippen molar-refractivity contribution < 1.29 is 19.3 Å². The Morgan fingerprint density at radius 2 is 1.83 bits per heavy atom. The van der Waals surface area contributed by atoms with Gasteiger partial charge in [-0.3, -0.25) is 4.79 Å². The van der Waals surface area contributed by atoms with Crippen molar-refractivity contribution >= 4 is 16.8 Å². The largest absolute Gasteiger partial charge is 0.497 e. The Morgan fingerprint density at radius 3 is 2.57 bits per heavy atom. The molecule has 1 aliphatic rings. The smallest absolute Gasteiger partial charge is 0.275 e. The zero-order valence-electron chi connectivity index (χ0n) is 17.8. The van der Waals surface area contributed by atoms with Crippen LogP contribution in [0.1, 0.15) is 17.0 Å². The molecule has 2 heterocycles. The van der Waals surface area contributed by atoms with E-state index in [9.17, 15) is 4.79 Å². The number of rotatable bonds is 7. The van der Waals surface area contributed by atoms with Gasteiger partial charge in [0.05, 0.1) is 14.2 Å². The van der Waals surface area contributed by atoms with E-state index in [-0.39, 0.29) is 11.8 Å². The molecule has 2 aromatic carbocycles. The number of carbonyl (C=O) groups is 1. The Labute approximate surface area is 177 Å². The minimum absolute atomic E-state index is 0.0722. The maximum atomic E-state index is 12.7. The van der Waals surface area contributed by atoms with Crippen LogP contribution in [0.3, 0.4) is 0 Å². The molecule has 1 amide bonds. The molecule has 1 aliphatic heterocycles. The highest BCUT2D eigenvalue weighted by atomic mass is 16.5. The third-order valence-electron chi connectivity index (χ3n) is 6.24. The second kappa shape index (κ2) is 9.32. The number of aromatic amines is 1. The van der Waals surface area contributed by atoms with Crippen molar-refractivity contribution in [3.63, 3.8) is 0 Å². The molecule has 1 atom stereocenters. The number of hydrogen-bond acceptors (Lipinski definition) is 2. The molecule has 1 saturated heterocycles. The molecule has 6 heteroatoms. The number of piperazine rings is 1. The molecular formula is C24H32N4O2+2. The van der Waals surface area contributed by atoms with Crippen LogP contribution in [-0.4, -0.2) is 64.3 Å². The fourth-order valence-corrected chi connectivity index (χ4v) is 4.34. The maximum absolute atomic E-state index is 12.7. The summed E-state index contributed by atoms with van der Waals surface area (Å²) in [5.74, 6) is 1.03. The number of aromatic nitrogens is 1. The van der Waals surface area contributed by atoms with Gasteiger partial charge in [0.15, 0.2) is 6.54 Å². The molecule has 158 valence electrons. The normalized spacial score (nSPS) is 20.1. The first-order chi connectivity index (χ1) is 14.6. The Bertz CT molecular complexity index is 974. The number of amides is 1. The highest BCUT2D eigenvalue weighted by molar-refractivity contribution is 5.84. The van der Waals surface area contributed by atoms with Gasteiger partial charge in [0.25, 0.3) is 5.91 Å². The van der Waals surface area contributed by atoms with Crippen LogP contribution in [0.25, 0.3) is 10.9 Å². The molecule has 0 radical (unpaired) electrons. The highest BCUT2D eigenvalue weighted by Crippen LogP contribution is 2.31. The van der Waals surface area contributed by atoms with Gasteiger partial charge in [-0.1, -0.05) is 30.3 Å². The lowest BCUT2D eigenvalue weighted by atomic mass is 9.90. The lowest BCUT2D eigenvalue weighted by Gasteiger charge is -2.27. The second-order valence-corrected chi connectivity index (χ2v) is 8.30. The predicted molar refractivity (Wildman–Crippen MR) is 118 cm³/mol. The SMILES string of the molecule is COc1ccc([C@@H](CNC(=O)C[NH+]2CC[NH+](C)CC2)c2c[nH]c3ccccc23)cc1. The third kappa shape index (κ3) is 4.66. The van der Waals surface area contributed by atoms with Gasteiger partial charge in [-0.2, -0.15) is 0 Å². The van der Waals surface area contributed by atoms with Gasteiger partial charge in [-0.25, -0.2) is 0 Å². The zero-order valence-corrected chi connectivity index (χ0v) is 17.8. The molecular weight excluding hydrogens is 376 g/mol. The molecule has 1 fully saturated rings. The van der Waals surface area contributed by atoms with Crippen molar-refractivity contribution in [2.45, 2.75) is 5.92 Å². The van der Waals surface area contributed by atoms with Crippen molar-refractivity contribution in [2.24, 2.45) is 0 Å². The van der Waals surface area contributed by atoms with Gasteiger partial charge in [-0.05, 0) is 29.3 Å². The molecule has 6 nitrogen and oxygen atoms in total. The Hall–Kier alpha value is -2.83. The zero-order chi connectivity index (χ0) is 20.9. The van der Waals surface area contributed by atoms with E-state index in [1.54, 1.807) is 12.0 Å². The quantitative estimate of drug-likeness (QED) is 0.439. The molecule has 0 saturated carbocycles. The van der Waals surface area contributed by atoms with E-state index in [1.807, 2.05) is 18.2 Å². The third-order valence-corrected chi connectivity index (χ3v) is 6.24. The Balaban J connectivity index is 1.51. The van der Waals surface area contributed by atoms with Crippen molar-refractivity contribution in [3.05, 3.63) is 65.9 Å². The predicted octanol–water partition coefficient (Wildman–Crippen LogP) is -0.162. The molecule has 0 spiro atoms. The first kappa shape index (κ1) is 20.4.